The zero-order valence-electron chi connectivity index (χ0n) is 9.24. The molecule has 0 rings (SSSR count). The van der Waals surface area contributed by atoms with Crippen LogP contribution in [0.1, 0.15) is 26.7 Å². The van der Waals surface area contributed by atoms with Crippen molar-refractivity contribution in [2.45, 2.75) is 26.7 Å². The summed E-state index contributed by atoms with van der Waals surface area (Å²) in [5, 5.41) is 0. The summed E-state index contributed by atoms with van der Waals surface area (Å²) < 4.78 is 5.11. The Morgan fingerprint density at radius 2 is 1.07 bits per heavy atom. The summed E-state index contributed by atoms with van der Waals surface area (Å²) in [6.45, 7) is 4.71. The topological polar surface area (TPSA) is 9.23 Å². The molecule has 0 saturated heterocycles. The van der Waals surface area contributed by atoms with Gasteiger partial charge in [0.1, 0.15) is 13.2 Å². The van der Waals surface area contributed by atoms with Crippen LogP contribution in [0.25, 0.3) is 0 Å². The maximum atomic E-state index is 5.11. The Bertz CT molecular complexity index is 348. The van der Waals surface area contributed by atoms with Gasteiger partial charge in [-0.15, -0.1) is 0 Å². The molecule has 0 heterocycles. The van der Waals surface area contributed by atoms with Gasteiger partial charge in [0.2, 0.25) is 0 Å². The van der Waals surface area contributed by atoms with Crippen LogP contribution in [0, 0.1) is 47.4 Å². The van der Waals surface area contributed by atoms with Crippen molar-refractivity contribution >= 4 is 0 Å². The molecule has 0 aromatic rings. The van der Waals surface area contributed by atoms with Crippen molar-refractivity contribution < 1.29 is 4.74 Å². The molecule has 0 aliphatic heterocycles. The first-order valence-electron chi connectivity index (χ1n) is 4.91. The third-order valence-electron chi connectivity index (χ3n) is 1.18. The van der Waals surface area contributed by atoms with E-state index in [1.807, 2.05) is 13.8 Å². The number of hydrogen-bond donors (Lipinski definition) is 0. The molecule has 0 aliphatic rings. The first-order chi connectivity index (χ1) is 7.41. The van der Waals surface area contributed by atoms with Gasteiger partial charge < -0.3 is 4.74 Å². The predicted octanol–water partition coefficient (Wildman–Crippen LogP) is 1.84. The van der Waals surface area contributed by atoms with E-state index < -0.39 is 0 Å². The van der Waals surface area contributed by atoms with Crippen LogP contribution in [-0.2, 0) is 4.74 Å². The second kappa shape index (κ2) is 12.2. The van der Waals surface area contributed by atoms with E-state index in [2.05, 4.69) is 47.4 Å². The van der Waals surface area contributed by atoms with Gasteiger partial charge in [-0.05, 0) is 23.7 Å². The quantitative estimate of drug-likeness (QED) is 0.486. The highest BCUT2D eigenvalue weighted by atomic mass is 16.5. The molecule has 0 amide bonds. The SMILES string of the molecule is CCC#CC#CCOCC#CC#CCC. The summed E-state index contributed by atoms with van der Waals surface area (Å²) in [5.41, 5.74) is 0. The number of ether oxygens (including phenoxy) is 1. The van der Waals surface area contributed by atoms with Crippen molar-refractivity contribution in [3.05, 3.63) is 0 Å². The average molecular weight is 198 g/mol. The number of rotatable bonds is 2. The van der Waals surface area contributed by atoms with Gasteiger partial charge in [-0.2, -0.15) is 0 Å². The van der Waals surface area contributed by atoms with Crippen LogP contribution in [0.4, 0.5) is 0 Å². The minimum Gasteiger partial charge on any atom is -0.356 e. The van der Waals surface area contributed by atoms with Gasteiger partial charge in [0.15, 0.2) is 0 Å². The van der Waals surface area contributed by atoms with Crippen molar-refractivity contribution in [3.63, 3.8) is 0 Å². The molecule has 0 saturated carbocycles. The summed E-state index contributed by atoms with van der Waals surface area (Å²) in [4.78, 5) is 0. The normalized spacial score (nSPS) is 6.53. The van der Waals surface area contributed by atoms with Crippen LogP contribution >= 0.6 is 0 Å². The van der Waals surface area contributed by atoms with Crippen LogP contribution in [0.15, 0.2) is 0 Å². The van der Waals surface area contributed by atoms with E-state index in [9.17, 15) is 0 Å². The molecule has 15 heavy (non-hydrogen) atoms. The zero-order chi connectivity index (χ0) is 11.2. The largest absolute Gasteiger partial charge is 0.356 e. The highest BCUT2D eigenvalue weighted by molar-refractivity contribution is 5.26. The number of hydrogen-bond acceptors (Lipinski definition) is 1. The molecular formula is C14H14O. The fourth-order valence-corrected chi connectivity index (χ4v) is 0.579. The molecular weight excluding hydrogens is 184 g/mol. The average Bonchev–Trinajstić information content (AvgIpc) is 2.26. The standard InChI is InChI=1S/C14H14O/c1-3-5-7-9-11-13-15-14-12-10-8-6-4-2/h3-4,13-14H2,1-2H3. The molecule has 0 N–H and O–H groups in total. The van der Waals surface area contributed by atoms with Crippen LogP contribution in [0.5, 0.6) is 0 Å². The van der Waals surface area contributed by atoms with Crippen molar-refractivity contribution in [1.82, 2.24) is 0 Å². The van der Waals surface area contributed by atoms with E-state index in [0.29, 0.717) is 13.2 Å². The van der Waals surface area contributed by atoms with Gasteiger partial charge in [-0.3, -0.25) is 0 Å². The maximum Gasteiger partial charge on any atom is 0.110 e. The highest BCUT2D eigenvalue weighted by Gasteiger charge is 1.75. The minimum absolute atomic E-state index is 0.369. The maximum absolute atomic E-state index is 5.11. The third-order valence-corrected chi connectivity index (χ3v) is 1.18. The molecule has 0 aliphatic carbocycles. The molecule has 0 atom stereocenters. The summed E-state index contributed by atoms with van der Waals surface area (Å²) in [7, 11) is 0. The van der Waals surface area contributed by atoms with Gasteiger partial charge in [0.05, 0.1) is 0 Å². The molecule has 0 spiro atoms. The summed E-state index contributed by atoms with van der Waals surface area (Å²) in [6, 6.07) is 0. The third kappa shape index (κ3) is 12.2. The molecule has 0 unspecified atom stereocenters. The smallest absolute Gasteiger partial charge is 0.110 e. The van der Waals surface area contributed by atoms with Crippen LogP contribution in [0.2, 0.25) is 0 Å². The van der Waals surface area contributed by atoms with Crippen molar-refractivity contribution in [2.75, 3.05) is 13.2 Å². The van der Waals surface area contributed by atoms with Crippen LogP contribution in [0.3, 0.4) is 0 Å². The Morgan fingerprint density at radius 3 is 1.47 bits per heavy atom. The summed E-state index contributed by atoms with van der Waals surface area (Å²) in [5.74, 6) is 22.0. The van der Waals surface area contributed by atoms with E-state index in [-0.39, 0.29) is 0 Å². The van der Waals surface area contributed by atoms with E-state index in [4.69, 9.17) is 4.74 Å². The molecule has 1 nitrogen and oxygen atoms in total. The molecule has 76 valence electrons. The molecule has 0 bridgehead atoms. The van der Waals surface area contributed by atoms with E-state index >= 15 is 0 Å². The fraction of sp³-hybridized carbons (Fsp3) is 0.429. The van der Waals surface area contributed by atoms with Gasteiger partial charge in [-0.1, -0.05) is 37.5 Å². The second-order valence-corrected chi connectivity index (χ2v) is 2.41. The van der Waals surface area contributed by atoms with Gasteiger partial charge in [0.25, 0.3) is 0 Å². The Hall–Kier alpha value is -1.80. The molecule has 0 radical (unpaired) electrons. The Balaban J connectivity index is 3.52. The summed E-state index contributed by atoms with van der Waals surface area (Å²) in [6.07, 6.45) is 1.66. The monoisotopic (exact) mass is 198 g/mol. The van der Waals surface area contributed by atoms with Gasteiger partial charge in [0, 0.05) is 12.8 Å². The fourth-order valence-electron chi connectivity index (χ4n) is 0.579. The van der Waals surface area contributed by atoms with Gasteiger partial charge >= 0.3 is 0 Å². The van der Waals surface area contributed by atoms with Crippen molar-refractivity contribution in [3.8, 4) is 47.4 Å². The molecule has 0 aromatic heterocycles. The lowest BCUT2D eigenvalue weighted by Gasteiger charge is -1.87. The lowest BCUT2D eigenvalue weighted by atomic mass is 10.4. The second-order valence-electron chi connectivity index (χ2n) is 2.41. The Morgan fingerprint density at radius 1 is 0.667 bits per heavy atom. The first-order valence-corrected chi connectivity index (χ1v) is 4.91. The highest BCUT2D eigenvalue weighted by Crippen LogP contribution is 1.71. The van der Waals surface area contributed by atoms with Crippen molar-refractivity contribution in [1.29, 1.82) is 0 Å². The molecule has 1 heteroatoms. The Kier molecular flexibility index (Phi) is 10.7. The van der Waals surface area contributed by atoms with Crippen LogP contribution in [-0.4, -0.2) is 13.2 Å². The minimum atomic E-state index is 0.369. The molecule has 0 aromatic carbocycles. The predicted molar refractivity (Wildman–Crippen MR) is 62.5 cm³/mol. The molecule has 0 fully saturated rings. The van der Waals surface area contributed by atoms with Crippen molar-refractivity contribution in [2.24, 2.45) is 0 Å². The van der Waals surface area contributed by atoms with E-state index in [1.54, 1.807) is 0 Å². The lowest BCUT2D eigenvalue weighted by Crippen LogP contribution is -1.90. The summed E-state index contributed by atoms with van der Waals surface area (Å²) >= 11 is 0. The van der Waals surface area contributed by atoms with E-state index in [0.717, 1.165) is 12.8 Å². The zero-order valence-corrected chi connectivity index (χ0v) is 9.24. The lowest BCUT2D eigenvalue weighted by molar-refractivity contribution is 0.204. The first kappa shape index (κ1) is 13.2. The Labute approximate surface area is 92.6 Å². The van der Waals surface area contributed by atoms with Gasteiger partial charge in [-0.25, -0.2) is 0 Å². The van der Waals surface area contributed by atoms with Crippen LogP contribution < -0.4 is 0 Å². The van der Waals surface area contributed by atoms with E-state index in [1.165, 1.54) is 0 Å².